The molecule has 0 amide bonds. The Morgan fingerprint density at radius 1 is 1.12 bits per heavy atom. The zero-order valence-corrected chi connectivity index (χ0v) is 14.2. The summed E-state index contributed by atoms with van der Waals surface area (Å²) in [6, 6.07) is 9.41. The number of rotatable bonds is 5. The van der Waals surface area contributed by atoms with Crippen molar-refractivity contribution in [1.82, 2.24) is 15.1 Å². The molecule has 0 spiro atoms. The average Bonchev–Trinajstić information content (AvgIpc) is 3.01. The van der Waals surface area contributed by atoms with Crippen LogP contribution in [0.25, 0.3) is 5.69 Å². The molecule has 0 atom stereocenters. The smallest absolute Gasteiger partial charge is 0.242 e. The number of hydrogen-bond acceptors (Lipinski definition) is 3. The van der Waals surface area contributed by atoms with Crippen LogP contribution in [0.4, 0.5) is 14.6 Å². The van der Waals surface area contributed by atoms with Crippen LogP contribution in [0.15, 0.2) is 30.3 Å². The monoisotopic (exact) mass is 334 g/mol. The third kappa shape index (κ3) is 3.75. The highest BCUT2D eigenvalue weighted by Gasteiger charge is 2.18. The molecule has 0 aliphatic carbocycles. The van der Waals surface area contributed by atoms with Crippen LogP contribution < -0.4 is 10.2 Å². The normalized spacial score (nSPS) is 15.5. The van der Waals surface area contributed by atoms with Gasteiger partial charge in [-0.05, 0) is 23.6 Å². The lowest BCUT2D eigenvalue weighted by Gasteiger charge is -2.27. The van der Waals surface area contributed by atoms with E-state index in [-0.39, 0.29) is 6.42 Å². The van der Waals surface area contributed by atoms with Crippen molar-refractivity contribution in [1.29, 1.82) is 0 Å². The molecule has 3 rings (SSSR count). The van der Waals surface area contributed by atoms with Gasteiger partial charge in [0.1, 0.15) is 0 Å². The van der Waals surface area contributed by atoms with Crippen LogP contribution in [0, 0.1) is 0 Å². The van der Waals surface area contributed by atoms with Gasteiger partial charge in [0, 0.05) is 44.4 Å². The lowest BCUT2D eigenvalue weighted by Crippen LogP contribution is -2.43. The van der Waals surface area contributed by atoms with Crippen molar-refractivity contribution in [2.45, 2.75) is 32.6 Å². The van der Waals surface area contributed by atoms with Crippen LogP contribution in [0.1, 0.15) is 31.0 Å². The molecule has 2 heterocycles. The van der Waals surface area contributed by atoms with E-state index in [1.807, 2.05) is 16.8 Å². The van der Waals surface area contributed by atoms with Gasteiger partial charge in [-0.2, -0.15) is 5.10 Å². The number of alkyl halides is 2. The average molecular weight is 334 g/mol. The maximum absolute atomic E-state index is 12.5. The summed E-state index contributed by atoms with van der Waals surface area (Å²) in [5.74, 6) is 1.31. The van der Waals surface area contributed by atoms with Gasteiger partial charge in [-0.25, -0.2) is 13.5 Å². The number of nitrogens with one attached hydrogen (secondary N) is 1. The van der Waals surface area contributed by atoms with Crippen molar-refractivity contribution >= 4 is 5.82 Å². The van der Waals surface area contributed by atoms with Crippen LogP contribution >= 0.6 is 0 Å². The predicted octanol–water partition coefficient (Wildman–Crippen LogP) is 3.21. The number of anilines is 1. The molecule has 1 aliphatic heterocycles. The first-order valence-corrected chi connectivity index (χ1v) is 8.47. The third-order valence-electron chi connectivity index (χ3n) is 4.33. The van der Waals surface area contributed by atoms with Crippen LogP contribution in [0.3, 0.4) is 0 Å². The molecule has 1 saturated heterocycles. The quantitative estimate of drug-likeness (QED) is 0.911. The molecule has 0 radical (unpaired) electrons. The molecule has 1 fully saturated rings. The summed E-state index contributed by atoms with van der Waals surface area (Å²) in [6.45, 7) is 8.10. The lowest BCUT2D eigenvalue weighted by atomic mass is 10.1. The highest BCUT2D eigenvalue weighted by atomic mass is 19.3. The van der Waals surface area contributed by atoms with Crippen LogP contribution in [0.5, 0.6) is 0 Å². The maximum Gasteiger partial charge on any atom is 0.242 e. The van der Waals surface area contributed by atoms with E-state index in [2.05, 4.69) is 30.1 Å². The second kappa shape index (κ2) is 7.30. The Bertz CT molecular complexity index is 658. The van der Waals surface area contributed by atoms with E-state index in [4.69, 9.17) is 5.10 Å². The molecule has 2 aromatic rings. The third-order valence-corrected chi connectivity index (χ3v) is 4.33. The van der Waals surface area contributed by atoms with Crippen molar-refractivity contribution in [2.24, 2.45) is 0 Å². The van der Waals surface area contributed by atoms with E-state index < -0.39 is 6.43 Å². The van der Waals surface area contributed by atoms with Crippen molar-refractivity contribution in [2.75, 3.05) is 31.1 Å². The number of halogens is 2. The molecule has 0 unspecified atom stereocenters. The summed E-state index contributed by atoms with van der Waals surface area (Å²) >= 11 is 0. The van der Waals surface area contributed by atoms with Crippen LogP contribution in [0.2, 0.25) is 0 Å². The van der Waals surface area contributed by atoms with Crippen molar-refractivity contribution < 1.29 is 8.78 Å². The standard InChI is InChI=1S/C18H24F2N4/c1-13(2)16-12-18(23-9-7-21-8-10-23)22-24(16)15-5-3-14(4-6-15)11-17(19)20/h3-6,12-13,17,21H,7-11H2,1-2H3. The number of hydrogen-bond donors (Lipinski definition) is 1. The van der Waals surface area contributed by atoms with Gasteiger partial charge in [0.2, 0.25) is 6.43 Å². The fourth-order valence-corrected chi connectivity index (χ4v) is 3.00. The molecule has 0 bridgehead atoms. The Morgan fingerprint density at radius 2 is 1.79 bits per heavy atom. The molecule has 1 aromatic heterocycles. The fourth-order valence-electron chi connectivity index (χ4n) is 3.00. The summed E-state index contributed by atoms with van der Waals surface area (Å²) in [4.78, 5) is 2.28. The lowest BCUT2D eigenvalue weighted by molar-refractivity contribution is 0.149. The van der Waals surface area contributed by atoms with Crippen molar-refractivity contribution in [3.05, 3.63) is 41.6 Å². The summed E-state index contributed by atoms with van der Waals surface area (Å²) < 4.78 is 26.9. The van der Waals surface area contributed by atoms with E-state index in [9.17, 15) is 8.78 Å². The minimum Gasteiger partial charge on any atom is -0.353 e. The zero-order chi connectivity index (χ0) is 17.1. The predicted molar refractivity (Wildman–Crippen MR) is 92.4 cm³/mol. The minimum absolute atomic E-state index is 0.206. The Labute approximate surface area is 141 Å². The first-order chi connectivity index (χ1) is 11.5. The summed E-state index contributed by atoms with van der Waals surface area (Å²) in [5, 5.41) is 8.13. The number of piperazine rings is 1. The Hall–Kier alpha value is -1.95. The highest BCUT2D eigenvalue weighted by molar-refractivity contribution is 5.46. The fraction of sp³-hybridized carbons (Fsp3) is 0.500. The molecule has 1 aromatic carbocycles. The summed E-state index contributed by atoms with van der Waals surface area (Å²) in [5.41, 5.74) is 2.69. The van der Waals surface area contributed by atoms with Crippen molar-refractivity contribution in [3.63, 3.8) is 0 Å². The van der Waals surface area contributed by atoms with Gasteiger partial charge in [0.25, 0.3) is 0 Å². The van der Waals surface area contributed by atoms with Gasteiger partial charge in [-0.15, -0.1) is 0 Å². The largest absolute Gasteiger partial charge is 0.353 e. The van der Waals surface area contributed by atoms with Crippen molar-refractivity contribution in [3.8, 4) is 5.69 Å². The topological polar surface area (TPSA) is 33.1 Å². The molecule has 130 valence electrons. The van der Waals surface area contributed by atoms with E-state index in [0.29, 0.717) is 11.5 Å². The SMILES string of the molecule is CC(C)c1cc(N2CCNCC2)nn1-c1ccc(CC(F)F)cc1. The Kier molecular flexibility index (Phi) is 5.14. The Balaban J connectivity index is 1.89. The van der Waals surface area contributed by atoms with Gasteiger partial charge in [-0.1, -0.05) is 26.0 Å². The molecule has 1 N–H and O–H groups in total. The summed E-state index contributed by atoms with van der Waals surface area (Å²) in [7, 11) is 0. The minimum atomic E-state index is -2.31. The highest BCUT2D eigenvalue weighted by Crippen LogP contribution is 2.25. The second-order valence-electron chi connectivity index (χ2n) is 6.49. The number of benzene rings is 1. The van der Waals surface area contributed by atoms with Gasteiger partial charge >= 0.3 is 0 Å². The molecular formula is C18H24F2N4. The number of aromatic nitrogens is 2. The van der Waals surface area contributed by atoms with Crippen LogP contribution in [-0.2, 0) is 6.42 Å². The van der Waals surface area contributed by atoms with E-state index in [1.54, 1.807) is 12.1 Å². The molecule has 6 heteroatoms. The van der Waals surface area contributed by atoms with Gasteiger partial charge in [0.05, 0.1) is 5.69 Å². The molecule has 24 heavy (non-hydrogen) atoms. The maximum atomic E-state index is 12.5. The summed E-state index contributed by atoms with van der Waals surface area (Å²) in [6.07, 6.45) is -2.52. The molecular weight excluding hydrogens is 310 g/mol. The van der Waals surface area contributed by atoms with Crippen LogP contribution in [-0.4, -0.2) is 42.4 Å². The van der Waals surface area contributed by atoms with E-state index in [1.165, 1.54) is 0 Å². The van der Waals surface area contributed by atoms with Gasteiger partial charge < -0.3 is 10.2 Å². The molecule has 4 nitrogen and oxygen atoms in total. The second-order valence-corrected chi connectivity index (χ2v) is 6.49. The van der Waals surface area contributed by atoms with Gasteiger partial charge in [-0.3, -0.25) is 0 Å². The Morgan fingerprint density at radius 3 is 2.38 bits per heavy atom. The number of nitrogens with zero attached hydrogens (tertiary/aromatic N) is 3. The van der Waals surface area contributed by atoms with E-state index in [0.717, 1.165) is 43.4 Å². The van der Waals surface area contributed by atoms with E-state index >= 15 is 0 Å². The van der Waals surface area contributed by atoms with Gasteiger partial charge in [0.15, 0.2) is 5.82 Å². The first-order valence-electron chi connectivity index (χ1n) is 8.47. The molecule has 1 aliphatic rings. The zero-order valence-electron chi connectivity index (χ0n) is 14.2. The molecule has 0 saturated carbocycles. The first kappa shape index (κ1) is 16.9.